The standard InChI is InChI=1S/C21H18BrN3O3/c1-2-9-25-20(26)18(24-21(25)27)11-16-10-17(22)7-8-19(16)28-13-15-6-4-3-5-14(15)12-23/h3-8,10-11H,2,9,13H2,1H3,(H,24,27)/b18-11+. The second-order valence-corrected chi connectivity index (χ2v) is 7.10. The highest BCUT2D eigenvalue weighted by molar-refractivity contribution is 9.10. The fourth-order valence-electron chi connectivity index (χ4n) is 2.83. The lowest BCUT2D eigenvalue weighted by Crippen LogP contribution is -2.31. The average molecular weight is 440 g/mol. The smallest absolute Gasteiger partial charge is 0.329 e. The molecule has 142 valence electrons. The molecule has 0 radical (unpaired) electrons. The van der Waals surface area contributed by atoms with E-state index in [4.69, 9.17) is 4.74 Å². The van der Waals surface area contributed by atoms with Crippen LogP contribution in [-0.2, 0) is 11.4 Å². The zero-order chi connectivity index (χ0) is 20.1. The van der Waals surface area contributed by atoms with Gasteiger partial charge in [0.05, 0.1) is 11.6 Å². The van der Waals surface area contributed by atoms with Crippen LogP contribution in [0.15, 0.2) is 52.6 Å². The van der Waals surface area contributed by atoms with E-state index < -0.39 is 6.03 Å². The molecular formula is C21H18BrN3O3. The Morgan fingerprint density at radius 3 is 2.79 bits per heavy atom. The maximum Gasteiger partial charge on any atom is 0.329 e. The molecule has 0 spiro atoms. The number of ether oxygens (including phenoxy) is 1. The predicted octanol–water partition coefficient (Wildman–Crippen LogP) is 4.20. The summed E-state index contributed by atoms with van der Waals surface area (Å²) in [7, 11) is 0. The summed E-state index contributed by atoms with van der Waals surface area (Å²) in [6.07, 6.45) is 2.29. The van der Waals surface area contributed by atoms with Crippen LogP contribution >= 0.6 is 15.9 Å². The summed E-state index contributed by atoms with van der Waals surface area (Å²) in [6, 6.07) is 14.3. The second kappa shape index (κ2) is 8.72. The van der Waals surface area contributed by atoms with Gasteiger partial charge in [-0.15, -0.1) is 0 Å². The van der Waals surface area contributed by atoms with E-state index in [1.807, 2.05) is 25.1 Å². The Hall–Kier alpha value is -3.11. The van der Waals surface area contributed by atoms with Gasteiger partial charge in [-0.25, -0.2) is 4.79 Å². The molecule has 0 aliphatic carbocycles. The molecule has 1 aliphatic rings. The van der Waals surface area contributed by atoms with E-state index in [0.29, 0.717) is 29.8 Å². The number of amides is 3. The molecule has 1 heterocycles. The molecule has 6 nitrogen and oxygen atoms in total. The van der Waals surface area contributed by atoms with Crippen molar-refractivity contribution in [3.63, 3.8) is 0 Å². The van der Waals surface area contributed by atoms with Crippen molar-refractivity contribution in [2.45, 2.75) is 20.0 Å². The molecule has 1 fully saturated rings. The first-order valence-electron chi connectivity index (χ1n) is 8.78. The predicted molar refractivity (Wildman–Crippen MR) is 108 cm³/mol. The highest BCUT2D eigenvalue weighted by Gasteiger charge is 2.32. The van der Waals surface area contributed by atoms with Crippen molar-refractivity contribution in [1.29, 1.82) is 5.26 Å². The van der Waals surface area contributed by atoms with E-state index in [1.165, 1.54) is 4.90 Å². The molecule has 2 aromatic carbocycles. The highest BCUT2D eigenvalue weighted by atomic mass is 79.9. The van der Waals surface area contributed by atoms with Gasteiger partial charge < -0.3 is 10.1 Å². The van der Waals surface area contributed by atoms with Crippen LogP contribution in [0, 0.1) is 11.3 Å². The number of urea groups is 1. The quantitative estimate of drug-likeness (QED) is 0.539. The zero-order valence-corrected chi connectivity index (χ0v) is 16.8. The Morgan fingerprint density at radius 2 is 2.04 bits per heavy atom. The number of hydrogen-bond donors (Lipinski definition) is 1. The summed E-state index contributed by atoms with van der Waals surface area (Å²) in [6.45, 7) is 2.49. The minimum atomic E-state index is -0.418. The van der Waals surface area contributed by atoms with Crippen molar-refractivity contribution in [2.24, 2.45) is 0 Å². The van der Waals surface area contributed by atoms with Crippen LogP contribution < -0.4 is 10.1 Å². The molecular weight excluding hydrogens is 422 g/mol. The van der Waals surface area contributed by atoms with Gasteiger partial charge in [0.15, 0.2) is 0 Å². The first kappa shape index (κ1) is 19.6. The lowest BCUT2D eigenvalue weighted by molar-refractivity contribution is -0.122. The Labute approximate surface area is 171 Å². The number of carbonyl (C=O) groups is 2. The minimum Gasteiger partial charge on any atom is -0.488 e. The fraction of sp³-hybridized carbons (Fsp3) is 0.190. The molecule has 1 saturated heterocycles. The number of halogens is 1. The SMILES string of the molecule is CCCN1C(=O)N/C(=C/c2cc(Br)ccc2OCc2ccccc2C#N)C1=O. The molecule has 3 amide bonds. The Bertz CT molecular complexity index is 995. The van der Waals surface area contributed by atoms with Crippen molar-refractivity contribution in [3.8, 4) is 11.8 Å². The first-order chi connectivity index (χ1) is 13.5. The first-order valence-corrected chi connectivity index (χ1v) is 9.57. The van der Waals surface area contributed by atoms with E-state index in [9.17, 15) is 14.9 Å². The molecule has 0 atom stereocenters. The van der Waals surface area contributed by atoms with Gasteiger partial charge in [-0.05, 0) is 36.8 Å². The van der Waals surface area contributed by atoms with Crippen LogP contribution in [0.5, 0.6) is 5.75 Å². The van der Waals surface area contributed by atoms with E-state index in [0.717, 1.165) is 10.0 Å². The summed E-state index contributed by atoms with van der Waals surface area (Å²) in [4.78, 5) is 25.6. The van der Waals surface area contributed by atoms with Crippen LogP contribution in [-0.4, -0.2) is 23.4 Å². The normalized spacial score (nSPS) is 14.9. The van der Waals surface area contributed by atoms with Crippen LogP contribution in [0.4, 0.5) is 4.79 Å². The molecule has 3 rings (SSSR count). The van der Waals surface area contributed by atoms with Crippen LogP contribution in [0.3, 0.4) is 0 Å². The molecule has 0 bridgehead atoms. The third kappa shape index (κ3) is 4.24. The van der Waals surface area contributed by atoms with E-state index >= 15 is 0 Å². The van der Waals surface area contributed by atoms with Crippen LogP contribution in [0.1, 0.15) is 30.0 Å². The van der Waals surface area contributed by atoms with Crippen molar-refractivity contribution in [1.82, 2.24) is 10.2 Å². The molecule has 1 N–H and O–H groups in total. The van der Waals surface area contributed by atoms with Gasteiger partial charge >= 0.3 is 6.03 Å². The van der Waals surface area contributed by atoms with Crippen LogP contribution in [0.2, 0.25) is 0 Å². The number of imide groups is 1. The number of rotatable bonds is 6. The van der Waals surface area contributed by atoms with E-state index in [2.05, 4.69) is 27.3 Å². The molecule has 28 heavy (non-hydrogen) atoms. The van der Waals surface area contributed by atoms with Crippen molar-refractivity contribution in [3.05, 3.63) is 69.3 Å². The van der Waals surface area contributed by atoms with E-state index in [-0.39, 0.29) is 18.2 Å². The van der Waals surface area contributed by atoms with Crippen molar-refractivity contribution < 1.29 is 14.3 Å². The number of benzene rings is 2. The van der Waals surface area contributed by atoms with Gasteiger partial charge in [0.2, 0.25) is 0 Å². The summed E-state index contributed by atoms with van der Waals surface area (Å²) in [5, 5.41) is 11.8. The number of nitrogens with one attached hydrogen (secondary N) is 1. The maximum absolute atomic E-state index is 12.5. The van der Waals surface area contributed by atoms with Gasteiger partial charge in [-0.2, -0.15) is 5.26 Å². The maximum atomic E-state index is 12.5. The monoisotopic (exact) mass is 439 g/mol. The van der Waals surface area contributed by atoms with Gasteiger partial charge in [-0.3, -0.25) is 9.69 Å². The lowest BCUT2D eigenvalue weighted by atomic mass is 10.1. The third-order valence-corrected chi connectivity index (χ3v) is 4.70. The summed E-state index contributed by atoms with van der Waals surface area (Å²) in [5.41, 5.74) is 2.17. The second-order valence-electron chi connectivity index (χ2n) is 6.18. The van der Waals surface area contributed by atoms with E-state index in [1.54, 1.807) is 30.3 Å². The van der Waals surface area contributed by atoms with Crippen molar-refractivity contribution >= 4 is 33.9 Å². The number of hydrogen-bond acceptors (Lipinski definition) is 4. The van der Waals surface area contributed by atoms with Gasteiger partial charge in [0.1, 0.15) is 18.1 Å². The van der Waals surface area contributed by atoms with Gasteiger partial charge in [0.25, 0.3) is 5.91 Å². The van der Waals surface area contributed by atoms with Crippen LogP contribution in [0.25, 0.3) is 6.08 Å². The third-order valence-electron chi connectivity index (χ3n) is 4.20. The van der Waals surface area contributed by atoms with Gasteiger partial charge in [-0.1, -0.05) is 41.1 Å². The minimum absolute atomic E-state index is 0.207. The molecule has 0 unspecified atom stereocenters. The Kier molecular flexibility index (Phi) is 6.12. The average Bonchev–Trinajstić information content (AvgIpc) is 2.95. The summed E-state index contributed by atoms with van der Waals surface area (Å²) in [5.74, 6) is 0.187. The highest BCUT2D eigenvalue weighted by Crippen LogP contribution is 2.27. The molecule has 1 aliphatic heterocycles. The summed E-state index contributed by atoms with van der Waals surface area (Å²) >= 11 is 3.42. The number of nitriles is 1. The summed E-state index contributed by atoms with van der Waals surface area (Å²) < 4.78 is 6.72. The number of carbonyl (C=O) groups excluding carboxylic acids is 2. The Morgan fingerprint density at radius 1 is 1.25 bits per heavy atom. The molecule has 2 aromatic rings. The molecule has 7 heteroatoms. The topological polar surface area (TPSA) is 82.4 Å². The Balaban J connectivity index is 1.87. The molecule has 0 aromatic heterocycles. The molecule has 0 saturated carbocycles. The van der Waals surface area contributed by atoms with Gasteiger partial charge in [0, 0.05) is 22.1 Å². The van der Waals surface area contributed by atoms with Crippen molar-refractivity contribution in [2.75, 3.05) is 6.54 Å². The lowest BCUT2D eigenvalue weighted by Gasteiger charge is -2.11. The largest absolute Gasteiger partial charge is 0.488 e. The fourth-order valence-corrected chi connectivity index (χ4v) is 3.21. The zero-order valence-electron chi connectivity index (χ0n) is 15.2. The number of nitrogens with zero attached hydrogens (tertiary/aromatic N) is 2.